The highest BCUT2D eigenvalue weighted by atomic mass is 35.5. The SMILES string of the molecule is O=C1CSC(c2ccc(Cl)s2)N1CCOc1ccccc1. The molecule has 2 aromatic rings. The molecule has 1 aliphatic heterocycles. The maximum atomic E-state index is 12.0. The van der Waals surface area contributed by atoms with E-state index in [0.717, 1.165) is 15.0 Å². The van der Waals surface area contributed by atoms with Crippen LogP contribution in [-0.4, -0.2) is 29.7 Å². The quantitative estimate of drug-likeness (QED) is 0.823. The van der Waals surface area contributed by atoms with Gasteiger partial charge in [0.25, 0.3) is 0 Å². The van der Waals surface area contributed by atoms with Gasteiger partial charge < -0.3 is 9.64 Å². The van der Waals surface area contributed by atoms with Gasteiger partial charge in [-0.1, -0.05) is 29.8 Å². The molecule has 3 rings (SSSR count). The summed E-state index contributed by atoms with van der Waals surface area (Å²) in [5, 5.41) is 0.0642. The van der Waals surface area contributed by atoms with Crippen molar-refractivity contribution < 1.29 is 9.53 Å². The van der Waals surface area contributed by atoms with Crippen LogP contribution in [0.4, 0.5) is 0 Å². The van der Waals surface area contributed by atoms with Gasteiger partial charge >= 0.3 is 0 Å². The average molecular weight is 340 g/mol. The summed E-state index contributed by atoms with van der Waals surface area (Å²) in [7, 11) is 0. The van der Waals surface area contributed by atoms with Gasteiger partial charge in [-0.05, 0) is 24.3 Å². The van der Waals surface area contributed by atoms with Crippen LogP contribution >= 0.6 is 34.7 Å². The highest BCUT2D eigenvalue weighted by molar-refractivity contribution is 8.00. The number of thiophene rings is 1. The molecule has 0 radical (unpaired) electrons. The van der Waals surface area contributed by atoms with Crippen LogP contribution in [0.15, 0.2) is 42.5 Å². The van der Waals surface area contributed by atoms with Crippen molar-refractivity contribution in [3.63, 3.8) is 0 Å². The van der Waals surface area contributed by atoms with E-state index in [1.165, 1.54) is 11.3 Å². The van der Waals surface area contributed by atoms with Gasteiger partial charge in [0.1, 0.15) is 17.7 Å². The number of benzene rings is 1. The fraction of sp³-hybridized carbons (Fsp3) is 0.267. The van der Waals surface area contributed by atoms with Crippen molar-refractivity contribution in [1.82, 2.24) is 4.90 Å². The highest BCUT2D eigenvalue weighted by Gasteiger charge is 2.33. The van der Waals surface area contributed by atoms with Gasteiger partial charge in [0.05, 0.1) is 16.6 Å². The van der Waals surface area contributed by atoms with Crippen LogP contribution in [0, 0.1) is 0 Å². The van der Waals surface area contributed by atoms with Crippen LogP contribution in [0.25, 0.3) is 0 Å². The number of rotatable bonds is 5. The zero-order valence-electron chi connectivity index (χ0n) is 11.2. The first-order valence-electron chi connectivity index (χ1n) is 6.58. The Hall–Kier alpha value is -1.17. The highest BCUT2D eigenvalue weighted by Crippen LogP contribution is 2.42. The second-order valence-electron chi connectivity index (χ2n) is 4.55. The lowest BCUT2D eigenvalue weighted by Crippen LogP contribution is -2.32. The second kappa shape index (κ2) is 6.73. The molecule has 1 fully saturated rings. The van der Waals surface area contributed by atoms with Crippen molar-refractivity contribution in [3.05, 3.63) is 51.7 Å². The number of carbonyl (C=O) groups excluding carboxylic acids is 1. The van der Waals surface area contributed by atoms with Crippen molar-refractivity contribution in [1.29, 1.82) is 0 Å². The normalized spacial score (nSPS) is 18.2. The second-order valence-corrected chi connectivity index (χ2v) is 7.37. The molecule has 1 amide bonds. The molecule has 1 atom stereocenters. The lowest BCUT2D eigenvalue weighted by Gasteiger charge is -2.23. The third kappa shape index (κ3) is 3.54. The topological polar surface area (TPSA) is 29.5 Å². The van der Waals surface area contributed by atoms with E-state index in [4.69, 9.17) is 16.3 Å². The van der Waals surface area contributed by atoms with Gasteiger partial charge in [-0.15, -0.1) is 23.1 Å². The summed E-state index contributed by atoms with van der Waals surface area (Å²) in [5.74, 6) is 1.50. The Morgan fingerprint density at radius 2 is 2.05 bits per heavy atom. The van der Waals surface area contributed by atoms with Crippen LogP contribution in [-0.2, 0) is 4.79 Å². The summed E-state index contributed by atoms with van der Waals surface area (Å²) in [4.78, 5) is 15.0. The first-order valence-corrected chi connectivity index (χ1v) is 8.82. The molecule has 0 aliphatic carbocycles. The number of carbonyl (C=O) groups is 1. The fourth-order valence-corrected chi connectivity index (χ4v) is 4.69. The van der Waals surface area contributed by atoms with E-state index in [9.17, 15) is 4.79 Å². The van der Waals surface area contributed by atoms with E-state index in [-0.39, 0.29) is 11.3 Å². The number of halogens is 1. The predicted octanol–water partition coefficient (Wildman–Crippen LogP) is 4.05. The largest absolute Gasteiger partial charge is 0.492 e. The summed E-state index contributed by atoms with van der Waals surface area (Å²) < 4.78 is 6.43. The summed E-state index contributed by atoms with van der Waals surface area (Å²) in [6.07, 6.45) is 0. The summed E-state index contributed by atoms with van der Waals surface area (Å²) >= 11 is 9.16. The van der Waals surface area contributed by atoms with Crippen molar-refractivity contribution in [2.75, 3.05) is 18.9 Å². The first kappa shape index (κ1) is 14.8. The van der Waals surface area contributed by atoms with Crippen LogP contribution in [0.1, 0.15) is 10.3 Å². The molecule has 0 spiro atoms. The molecule has 0 saturated carbocycles. The van der Waals surface area contributed by atoms with E-state index < -0.39 is 0 Å². The predicted molar refractivity (Wildman–Crippen MR) is 88.2 cm³/mol. The molecule has 6 heteroatoms. The van der Waals surface area contributed by atoms with Crippen LogP contribution in [0.2, 0.25) is 4.34 Å². The van der Waals surface area contributed by atoms with Crippen LogP contribution in [0.3, 0.4) is 0 Å². The van der Waals surface area contributed by atoms with E-state index in [1.54, 1.807) is 11.8 Å². The van der Waals surface area contributed by atoms with Crippen molar-refractivity contribution in [2.24, 2.45) is 0 Å². The molecule has 1 saturated heterocycles. The number of ether oxygens (including phenoxy) is 1. The van der Waals surface area contributed by atoms with Gasteiger partial charge in [0, 0.05) is 4.88 Å². The maximum absolute atomic E-state index is 12.0. The zero-order chi connectivity index (χ0) is 14.7. The molecule has 110 valence electrons. The molecule has 1 aromatic heterocycles. The van der Waals surface area contributed by atoms with Crippen molar-refractivity contribution in [3.8, 4) is 5.75 Å². The van der Waals surface area contributed by atoms with Crippen molar-refractivity contribution >= 4 is 40.6 Å². The Bertz CT molecular complexity index is 617. The third-order valence-corrected chi connectivity index (χ3v) is 5.82. The Morgan fingerprint density at radius 3 is 2.76 bits per heavy atom. The minimum atomic E-state index is 0.0642. The smallest absolute Gasteiger partial charge is 0.233 e. The van der Waals surface area contributed by atoms with Gasteiger partial charge in [-0.25, -0.2) is 0 Å². The van der Waals surface area contributed by atoms with Gasteiger partial charge in [-0.2, -0.15) is 0 Å². The lowest BCUT2D eigenvalue weighted by molar-refractivity contribution is -0.128. The van der Waals surface area contributed by atoms with E-state index in [1.807, 2.05) is 47.4 Å². The van der Waals surface area contributed by atoms with Crippen molar-refractivity contribution in [2.45, 2.75) is 5.37 Å². The third-order valence-electron chi connectivity index (χ3n) is 3.15. The Morgan fingerprint density at radius 1 is 1.24 bits per heavy atom. The molecule has 0 N–H and O–H groups in total. The minimum Gasteiger partial charge on any atom is -0.492 e. The number of amides is 1. The standard InChI is InChI=1S/C15H14ClNO2S2/c16-13-7-6-12(21-13)15-17(14(18)10-20-15)8-9-19-11-4-2-1-3-5-11/h1-7,15H,8-10H2. The summed E-state index contributed by atoms with van der Waals surface area (Å²) in [5.41, 5.74) is 0. The fourth-order valence-electron chi connectivity index (χ4n) is 2.17. The Kier molecular flexibility index (Phi) is 4.73. The number of nitrogens with zero attached hydrogens (tertiary/aromatic N) is 1. The molecule has 1 aliphatic rings. The monoisotopic (exact) mass is 339 g/mol. The van der Waals surface area contributed by atoms with E-state index in [0.29, 0.717) is 18.9 Å². The molecular formula is C15H14ClNO2S2. The van der Waals surface area contributed by atoms with E-state index >= 15 is 0 Å². The van der Waals surface area contributed by atoms with Gasteiger partial charge in [0.2, 0.25) is 5.91 Å². The molecule has 0 bridgehead atoms. The zero-order valence-corrected chi connectivity index (χ0v) is 13.6. The number of thioether (sulfide) groups is 1. The van der Waals surface area contributed by atoms with Gasteiger partial charge in [0.15, 0.2) is 0 Å². The van der Waals surface area contributed by atoms with Crippen LogP contribution < -0.4 is 4.74 Å². The maximum Gasteiger partial charge on any atom is 0.233 e. The molecule has 1 aromatic carbocycles. The van der Waals surface area contributed by atoms with E-state index in [2.05, 4.69) is 0 Å². The summed E-state index contributed by atoms with van der Waals surface area (Å²) in [6, 6.07) is 13.5. The minimum absolute atomic E-state index is 0.0642. The summed E-state index contributed by atoms with van der Waals surface area (Å²) in [6.45, 7) is 1.08. The van der Waals surface area contributed by atoms with Crippen LogP contribution in [0.5, 0.6) is 5.75 Å². The lowest BCUT2D eigenvalue weighted by atomic mass is 10.3. The molecule has 21 heavy (non-hydrogen) atoms. The molecule has 2 heterocycles. The number of hydrogen-bond donors (Lipinski definition) is 0. The first-order chi connectivity index (χ1) is 10.2. The molecule has 1 unspecified atom stereocenters. The Balaban J connectivity index is 1.61. The number of hydrogen-bond acceptors (Lipinski definition) is 4. The molecule has 3 nitrogen and oxygen atoms in total. The van der Waals surface area contributed by atoms with Gasteiger partial charge in [-0.3, -0.25) is 4.79 Å². The average Bonchev–Trinajstić information content (AvgIpc) is 3.07. The number of para-hydroxylation sites is 1. The Labute approximate surface area is 136 Å². The molecular weight excluding hydrogens is 326 g/mol.